The van der Waals surface area contributed by atoms with Crippen molar-refractivity contribution < 1.29 is 24.2 Å². The van der Waals surface area contributed by atoms with E-state index in [1.54, 1.807) is 4.90 Å². The molecule has 4 rings (SSSR count). The molecule has 0 saturated carbocycles. The van der Waals surface area contributed by atoms with E-state index in [2.05, 4.69) is 17.6 Å². The first kappa shape index (κ1) is 24.7. The molecule has 1 aromatic rings. The Morgan fingerprint density at radius 2 is 1.91 bits per heavy atom. The normalized spacial score (nSPS) is 33.8. The second kappa shape index (κ2) is 9.66. The summed E-state index contributed by atoms with van der Waals surface area (Å²) in [5, 5.41) is 15.4. The molecule has 1 aromatic carbocycles. The van der Waals surface area contributed by atoms with Gasteiger partial charge in [-0.25, -0.2) is 0 Å². The fourth-order valence-electron chi connectivity index (χ4n) is 6.35. The average Bonchev–Trinajstić information content (AvgIpc) is 3.32. The summed E-state index contributed by atoms with van der Waals surface area (Å²) in [4.78, 5) is 42.4. The summed E-state index contributed by atoms with van der Waals surface area (Å²) in [5.74, 6) is -2.17. The molecule has 3 saturated heterocycles. The molecule has 3 heterocycles. The van der Waals surface area contributed by atoms with Gasteiger partial charge < -0.3 is 25.4 Å². The number of ether oxygens (including phenoxy) is 1. The largest absolute Gasteiger partial charge is 0.396 e. The smallest absolute Gasteiger partial charge is 0.245 e. The van der Waals surface area contributed by atoms with Crippen LogP contribution in [0.5, 0.6) is 0 Å². The van der Waals surface area contributed by atoms with Crippen LogP contribution in [0.4, 0.5) is 5.69 Å². The number of amides is 3. The van der Waals surface area contributed by atoms with E-state index in [-0.39, 0.29) is 36.8 Å². The predicted molar refractivity (Wildman–Crippen MR) is 128 cm³/mol. The summed E-state index contributed by atoms with van der Waals surface area (Å²) >= 11 is 0. The maximum atomic E-state index is 13.8. The van der Waals surface area contributed by atoms with Crippen molar-refractivity contribution in [2.75, 3.05) is 25.0 Å². The van der Waals surface area contributed by atoms with Crippen LogP contribution < -0.4 is 10.6 Å². The first-order valence-corrected chi connectivity index (χ1v) is 12.5. The number of aliphatic hydroxyl groups is 1. The zero-order valence-electron chi connectivity index (χ0n) is 20.4. The minimum atomic E-state index is -1.05. The fraction of sp³-hybridized carbons (Fsp3) is 0.654. The van der Waals surface area contributed by atoms with Gasteiger partial charge in [-0.1, -0.05) is 44.9 Å². The van der Waals surface area contributed by atoms with Gasteiger partial charge in [-0.3, -0.25) is 14.4 Å². The Balaban J connectivity index is 1.66. The molecule has 3 aliphatic heterocycles. The number of anilines is 1. The van der Waals surface area contributed by atoms with Crippen molar-refractivity contribution in [1.82, 2.24) is 10.2 Å². The van der Waals surface area contributed by atoms with Gasteiger partial charge in [-0.2, -0.15) is 0 Å². The quantitative estimate of drug-likeness (QED) is 0.454. The van der Waals surface area contributed by atoms with Crippen LogP contribution in [-0.4, -0.2) is 64.7 Å². The van der Waals surface area contributed by atoms with Crippen LogP contribution in [0.15, 0.2) is 30.3 Å². The molecule has 2 bridgehead atoms. The molecule has 6 atom stereocenters. The number of nitrogens with zero attached hydrogens (tertiary/aromatic N) is 1. The van der Waals surface area contributed by atoms with Crippen molar-refractivity contribution in [1.29, 1.82) is 0 Å². The summed E-state index contributed by atoms with van der Waals surface area (Å²) in [6.07, 6.45) is 3.83. The molecule has 8 heteroatoms. The molecule has 8 nitrogen and oxygen atoms in total. The van der Waals surface area contributed by atoms with E-state index in [0.717, 1.165) is 19.3 Å². The Labute approximate surface area is 201 Å². The zero-order valence-corrected chi connectivity index (χ0v) is 20.4. The monoisotopic (exact) mass is 471 g/mol. The van der Waals surface area contributed by atoms with Gasteiger partial charge in [0, 0.05) is 25.4 Å². The highest BCUT2D eigenvalue weighted by atomic mass is 16.5. The van der Waals surface area contributed by atoms with E-state index < -0.39 is 29.1 Å². The van der Waals surface area contributed by atoms with Gasteiger partial charge in [-0.05, 0) is 44.2 Å². The Kier molecular flexibility index (Phi) is 7.01. The van der Waals surface area contributed by atoms with Crippen molar-refractivity contribution in [3.63, 3.8) is 0 Å². The van der Waals surface area contributed by atoms with Crippen molar-refractivity contribution in [2.45, 2.75) is 70.1 Å². The van der Waals surface area contributed by atoms with E-state index in [0.29, 0.717) is 25.1 Å². The number of para-hydroxylation sites is 1. The molecule has 1 spiro atoms. The first-order chi connectivity index (χ1) is 16.3. The molecule has 0 aromatic heterocycles. The molecule has 3 unspecified atom stereocenters. The molecule has 34 heavy (non-hydrogen) atoms. The zero-order chi connectivity index (χ0) is 24.5. The highest BCUT2D eigenvalue weighted by Crippen LogP contribution is 2.65. The van der Waals surface area contributed by atoms with Gasteiger partial charge in [0.15, 0.2) is 0 Å². The van der Waals surface area contributed by atoms with Crippen LogP contribution in [0.25, 0.3) is 0 Å². The van der Waals surface area contributed by atoms with Gasteiger partial charge in [0.2, 0.25) is 17.7 Å². The summed E-state index contributed by atoms with van der Waals surface area (Å²) in [6, 6.07) is 8.37. The lowest BCUT2D eigenvalue weighted by molar-refractivity contribution is -0.146. The lowest BCUT2D eigenvalue weighted by Crippen LogP contribution is -2.56. The number of nitrogens with one attached hydrogen (secondary N) is 2. The fourth-order valence-corrected chi connectivity index (χ4v) is 6.35. The van der Waals surface area contributed by atoms with Crippen LogP contribution in [0.2, 0.25) is 0 Å². The van der Waals surface area contributed by atoms with Gasteiger partial charge in [0.1, 0.15) is 11.6 Å². The molecular formula is C26H37N3O5. The third kappa shape index (κ3) is 3.90. The van der Waals surface area contributed by atoms with E-state index in [1.165, 1.54) is 0 Å². The van der Waals surface area contributed by atoms with Crippen LogP contribution >= 0.6 is 0 Å². The molecule has 3 amide bonds. The minimum absolute atomic E-state index is 0.00347. The van der Waals surface area contributed by atoms with Crippen LogP contribution in [-0.2, 0) is 19.1 Å². The lowest BCUT2D eigenvalue weighted by atomic mass is 9.62. The number of fused-ring (bicyclic) bond motifs is 1. The summed E-state index contributed by atoms with van der Waals surface area (Å²) in [7, 11) is 0. The SMILES string of the molecule is CCCCCNC(=O)C1N(CCCO)C(=O)[C@@H]2[C@H](C(=O)Nc3ccccc3)[C@@]3(C)OC12CC3C. The molecule has 3 N–H and O–H groups in total. The lowest BCUT2D eigenvalue weighted by Gasteiger charge is -2.36. The Bertz CT molecular complexity index is 924. The predicted octanol–water partition coefficient (Wildman–Crippen LogP) is 2.32. The number of hydrogen-bond donors (Lipinski definition) is 3. The van der Waals surface area contributed by atoms with E-state index in [1.807, 2.05) is 44.2 Å². The third-order valence-corrected chi connectivity index (χ3v) is 8.02. The minimum Gasteiger partial charge on any atom is -0.396 e. The number of rotatable bonds is 10. The van der Waals surface area contributed by atoms with Gasteiger partial charge in [-0.15, -0.1) is 0 Å². The summed E-state index contributed by atoms with van der Waals surface area (Å²) in [5.41, 5.74) is -1.23. The highest BCUT2D eigenvalue weighted by molar-refractivity contribution is 6.02. The molecular weight excluding hydrogens is 434 g/mol. The van der Waals surface area contributed by atoms with Gasteiger partial charge >= 0.3 is 0 Å². The van der Waals surface area contributed by atoms with E-state index in [4.69, 9.17) is 4.74 Å². The third-order valence-electron chi connectivity index (χ3n) is 8.02. The maximum Gasteiger partial charge on any atom is 0.245 e. The average molecular weight is 472 g/mol. The number of carbonyl (C=O) groups is 3. The number of hydrogen-bond acceptors (Lipinski definition) is 5. The summed E-state index contributed by atoms with van der Waals surface area (Å²) < 4.78 is 6.65. The van der Waals surface area contributed by atoms with Crippen LogP contribution in [0.3, 0.4) is 0 Å². The molecule has 0 radical (unpaired) electrons. The molecule has 186 valence electrons. The number of benzene rings is 1. The summed E-state index contributed by atoms with van der Waals surface area (Å²) in [6.45, 7) is 6.75. The molecule has 0 aliphatic carbocycles. The Hall–Kier alpha value is -2.45. The van der Waals surface area contributed by atoms with Gasteiger partial charge in [0.25, 0.3) is 0 Å². The number of aliphatic hydroxyl groups excluding tert-OH is 1. The first-order valence-electron chi connectivity index (χ1n) is 12.5. The van der Waals surface area contributed by atoms with E-state index >= 15 is 0 Å². The van der Waals surface area contributed by atoms with Crippen molar-refractivity contribution in [3.05, 3.63) is 30.3 Å². The Morgan fingerprint density at radius 1 is 1.18 bits per heavy atom. The second-order valence-electron chi connectivity index (χ2n) is 10.2. The van der Waals surface area contributed by atoms with Crippen molar-refractivity contribution in [2.24, 2.45) is 17.8 Å². The molecule has 3 aliphatic rings. The second-order valence-corrected chi connectivity index (χ2v) is 10.2. The number of likely N-dealkylation sites (tertiary alicyclic amines) is 1. The number of carbonyl (C=O) groups excluding carboxylic acids is 3. The highest BCUT2D eigenvalue weighted by Gasteiger charge is 2.79. The van der Waals surface area contributed by atoms with Crippen LogP contribution in [0, 0.1) is 17.8 Å². The standard InChI is InChI=1S/C26H37N3O5/c1-4-5-9-13-27-23(32)21-26-16-17(2)25(3,34-26)19(20(26)24(33)29(21)14-10-15-30)22(31)28-18-11-7-6-8-12-18/h6-8,11-12,17,19-21,30H,4-5,9-10,13-16H2,1-3H3,(H,27,32)(H,28,31)/t17?,19-,20+,21?,25+,26?/m1/s1. The maximum absolute atomic E-state index is 13.8. The van der Waals surface area contributed by atoms with E-state index in [9.17, 15) is 19.5 Å². The molecule has 3 fully saturated rings. The number of unbranched alkanes of at least 4 members (excludes halogenated alkanes) is 2. The van der Waals surface area contributed by atoms with Gasteiger partial charge in [0.05, 0.1) is 17.4 Å². The van der Waals surface area contributed by atoms with Crippen molar-refractivity contribution in [3.8, 4) is 0 Å². The van der Waals surface area contributed by atoms with Crippen molar-refractivity contribution >= 4 is 23.4 Å². The van der Waals surface area contributed by atoms with Crippen LogP contribution in [0.1, 0.15) is 52.9 Å². The Morgan fingerprint density at radius 3 is 2.59 bits per heavy atom. The topological polar surface area (TPSA) is 108 Å².